The van der Waals surface area contributed by atoms with Gasteiger partial charge in [0, 0.05) is 18.1 Å². The summed E-state index contributed by atoms with van der Waals surface area (Å²) < 4.78 is 7.63. The number of piperidine rings is 1. The van der Waals surface area contributed by atoms with Gasteiger partial charge in [0.25, 0.3) is 11.8 Å². The lowest BCUT2D eigenvalue weighted by molar-refractivity contribution is -0.139. The number of benzene rings is 2. The molecule has 0 bridgehead atoms. The van der Waals surface area contributed by atoms with Crippen LogP contribution in [-0.4, -0.2) is 57.2 Å². The van der Waals surface area contributed by atoms with E-state index in [1.807, 2.05) is 29.2 Å². The summed E-state index contributed by atoms with van der Waals surface area (Å²) in [4.78, 5) is 34.5. The van der Waals surface area contributed by atoms with Crippen molar-refractivity contribution in [1.82, 2.24) is 19.7 Å². The second-order valence-electron chi connectivity index (χ2n) is 8.25. The Labute approximate surface area is 196 Å². The normalized spacial score (nSPS) is 17.9. The van der Waals surface area contributed by atoms with Crippen molar-refractivity contribution in [1.29, 1.82) is 0 Å². The zero-order valence-corrected chi connectivity index (χ0v) is 19.0. The van der Waals surface area contributed by atoms with Crippen LogP contribution < -0.4 is 9.64 Å². The molecule has 9 heteroatoms. The molecule has 0 saturated carbocycles. The van der Waals surface area contributed by atoms with E-state index in [0.717, 1.165) is 38.0 Å². The fraction of sp³-hybridized carbons (Fsp3) is 0.333. The van der Waals surface area contributed by atoms with Crippen LogP contribution in [0.3, 0.4) is 0 Å². The first kappa shape index (κ1) is 21.5. The molecular formula is C24H24ClN5O3. The van der Waals surface area contributed by atoms with Crippen LogP contribution in [0.2, 0.25) is 5.02 Å². The summed E-state index contributed by atoms with van der Waals surface area (Å²) >= 11 is 5.99. The van der Waals surface area contributed by atoms with Crippen LogP contribution in [0.5, 0.6) is 5.75 Å². The minimum Gasteiger partial charge on any atom is -0.476 e. The predicted octanol–water partition coefficient (Wildman–Crippen LogP) is 3.65. The number of carbonyl (C=O) groups excluding carboxylic acids is 2. The van der Waals surface area contributed by atoms with Gasteiger partial charge in [0.1, 0.15) is 11.6 Å². The van der Waals surface area contributed by atoms with Gasteiger partial charge in [0.15, 0.2) is 6.10 Å². The van der Waals surface area contributed by atoms with Gasteiger partial charge in [0.05, 0.1) is 17.9 Å². The molecule has 0 radical (unpaired) electrons. The molecule has 0 N–H and O–H groups in total. The van der Waals surface area contributed by atoms with Crippen LogP contribution in [-0.2, 0) is 4.79 Å². The lowest BCUT2D eigenvalue weighted by atomic mass is 10.1. The third kappa shape index (κ3) is 4.18. The zero-order valence-electron chi connectivity index (χ0n) is 18.3. The van der Waals surface area contributed by atoms with Crippen molar-refractivity contribution >= 4 is 29.1 Å². The standard InChI is InChI=1S/C24H24ClN5O3/c1-16-26-22(27-30(16)18-11-9-17(25)10-12-18)24(32)29-15-21(23(31)28-13-5-2-6-14-28)33-20-8-4-3-7-19(20)29/h3-4,7-12,21H,2,5-6,13-15H2,1H3. The van der Waals surface area contributed by atoms with Crippen LogP contribution in [0.15, 0.2) is 48.5 Å². The van der Waals surface area contributed by atoms with Gasteiger partial charge in [-0.05, 0) is 62.6 Å². The Balaban J connectivity index is 1.44. The largest absolute Gasteiger partial charge is 0.476 e. The number of aryl methyl sites for hydroxylation is 1. The molecule has 1 aromatic heterocycles. The van der Waals surface area contributed by atoms with E-state index in [9.17, 15) is 9.59 Å². The Hall–Kier alpha value is -3.39. The van der Waals surface area contributed by atoms with E-state index in [-0.39, 0.29) is 24.2 Å². The molecule has 3 aromatic rings. The minimum atomic E-state index is -0.763. The van der Waals surface area contributed by atoms with Crippen LogP contribution in [0.25, 0.3) is 5.69 Å². The van der Waals surface area contributed by atoms with E-state index in [2.05, 4.69) is 10.1 Å². The molecule has 5 rings (SSSR count). The van der Waals surface area contributed by atoms with Gasteiger partial charge in [0.2, 0.25) is 5.82 Å². The van der Waals surface area contributed by atoms with E-state index in [4.69, 9.17) is 16.3 Å². The first-order valence-electron chi connectivity index (χ1n) is 11.1. The SMILES string of the molecule is Cc1nc(C(=O)N2CC(C(=O)N3CCCCC3)Oc3ccccc32)nn1-c1ccc(Cl)cc1. The second kappa shape index (κ2) is 8.86. The summed E-state index contributed by atoms with van der Waals surface area (Å²) in [5.41, 5.74) is 1.36. The lowest BCUT2D eigenvalue weighted by Gasteiger charge is -2.37. The van der Waals surface area contributed by atoms with Crippen molar-refractivity contribution in [2.75, 3.05) is 24.5 Å². The highest BCUT2D eigenvalue weighted by Crippen LogP contribution is 2.34. The monoisotopic (exact) mass is 465 g/mol. The summed E-state index contributed by atoms with van der Waals surface area (Å²) in [6.07, 6.45) is 2.34. The number of nitrogens with zero attached hydrogens (tertiary/aromatic N) is 5. The highest BCUT2D eigenvalue weighted by molar-refractivity contribution is 6.30. The number of fused-ring (bicyclic) bond motifs is 1. The molecule has 1 atom stereocenters. The van der Waals surface area contributed by atoms with E-state index < -0.39 is 6.10 Å². The van der Waals surface area contributed by atoms with Gasteiger partial charge < -0.3 is 9.64 Å². The first-order valence-corrected chi connectivity index (χ1v) is 11.4. The van der Waals surface area contributed by atoms with Gasteiger partial charge >= 0.3 is 0 Å². The molecule has 1 unspecified atom stereocenters. The number of aromatic nitrogens is 3. The Morgan fingerprint density at radius 3 is 2.52 bits per heavy atom. The molecule has 2 aromatic carbocycles. The molecule has 1 saturated heterocycles. The van der Waals surface area contributed by atoms with Crippen molar-refractivity contribution in [2.45, 2.75) is 32.3 Å². The van der Waals surface area contributed by atoms with Crippen LogP contribution >= 0.6 is 11.6 Å². The predicted molar refractivity (Wildman–Crippen MR) is 124 cm³/mol. The summed E-state index contributed by atoms with van der Waals surface area (Å²) in [5, 5.41) is 5.07. The quantitative estimate of drug-likeness (QED) is 0.589. The molecule has 33 heavy (non-hydrogen) atoms. The Bertz CT molecular complexity index is 1190. The number of hydrogen-bond donors (Lipinski definition) is 0. The number of amides is 2. The Morgan fingerprint density at radius 1 is 1.03 bits per heavy atom. The number of carbonyl (C=O) groups is 2. The highest BCUT2D eigenvalue weighted by atomic mass is 35.5. The number of hydrogen-bond acceptors (Lipinski definition) is 5. The highest BCUT2D eigenvalue weighted by Gasteiger charge is 2.37. The number of anilines is 1. The average molecular weight is 466 g/mol. The lowest BCUT2D eigenvalue weighted by Crippen LogP contribution is -2.53. The van der Waals surface area contributed by atoms with Crippen LogP contribution in [0.4, 0.5) is 5.69 Å². The fourth-order valence-electron chi connectivity index (χ4n) is 4.30. The van der Waals surface area contributed by atoms with E-state index >= 15 is 0 Å². The first-order chi connectivity index (χ1) is 16.0. The summed E-state index contributed by atoms with van der Waals surface area (Å²) in [7, 11) is 0. The third-order valence-corrected chi connectivity index (χ3v) is 6.25. The molecule has 2 amide bonds. The molecule has 170 valence electrons. The summed E-state index contributed by atoms with van der Waals surface area (Å²) in [5.74, 6) is 0.670. The van der Waals surface area contributed by atoms with Gasteiger partial charge in [-0.2, -0.15) is 0 Å². The molecule has 2 aliphatic rings. The molecule has 0 aliphatic carbocycles. The maximum Gasteiger partial charge on any atom is 0.298 e. The second-order valence-corrected chi connectivity index (χ2v) is 8.68. The number of rotatable bonds is 3. The van der Waals surface area contributed by atoms with Crippen molar-refractivity contribution in [2.24, 2.45) is 0 Å². The third-order valence-electron chi connectivity index (χ3n) is 5.99. The molecule has 2 aliphatic heterocycles. The van der Waals surface area contributed by atoms with Gasteiger partial charge in [-0.3, -0.25) is 14.5 Å². The molecule has 1 fully saturated rings. The fourth-order valence-corrected chi connectivity index (χ4v) is 4.43. The van der Waals surface area contributed by atoms with Gasteiger partial charge in [-0.1, -0.05) is 23.7 Å². The number of halogens is 1. The van der Waals surface area contributed by atoms with Crippen molar-refractivity contribution in [3.63, 3.8) is 0 Å². The minimum absolute atomic E-state index is 0.0586. The number of ether oxygens (including phenoxy) is 1. The summed E-state index contributed by atoms with van der Waals surface area (Å²) in [6.45, 7) is 3.34. The average Bonchev–Trinajstić information content (AvgIpc) is 3.25. The maximum atomic E-state index is 13.5. The van der Waals surface area contributed by atoms with Crippen LogP contribution in [0.1, 0.15) is 35.7 Å². The zero-order chi connectivity index (χ0) is 22.9. The van der Waals surface area contributed by atoms with Crippen LogP contribution in [0, 0.1) is 6.92 Å². The van der Waals surface area contributed by atoms with Gasteiger partial charge in [-0.25, -0.2) is 9.67 Å². The van der Waals surface area contributed by atoms with E-state index in [0.29, 0.717) is 22.3 Å². The smallest absolute Gasteiger partial charge is 0.298 e. The summed E-state index contributed by atoms with van der Waals surface area (Å²) in [6, 6.07) is 14.4. The van der Waals surface area contributed by atoms with Gasteiger partial charge in [-0.15, -0.1) is 5.10 Å². The maximum absolute atomic E-state index is 13.5. The molecule has 3 heterocycles. The number of likely N-dealkylation sites (tertiary alicyclic amines) is 1. The molecule has 0 spiro atoms. The van der Waals surface area contributed by atoms with E-state index in [1.54, 1.807) is 40.8 Å². The Morgan fingerprint density at radius 2 is 1.76 bits per heavy atom. The van der Waals surface area contributed by atoms with Crippen molar-refractivity contribution in [3.05, 3.63) is 65.2 Å². The van der Waals surface area contributed by atoms with Crippen molar-refractivity contribution < 1.29 is 14.3 Å². The van der Waals surface area contributed by atoms with E-state index in [1.165, 1.54) is 0 Å². The molecular weight excluding hydrogens is 442 g/mol. The number of para-hydroxylation sites is 2. The van der Waals surface area contributed by atoms with Crippen molar-refractivity contribution in [3.8, 4) is 11.4 Å². The Kier molecular flexibility index (Phi) is 5.76. The molecule has 8 nitrogen and oxygen atoms in total. The topological polar surface area (TPSA) is 80.6 Å².